The molecule has 0 fully saturated rings. The van der Waals surface area contributed by atoms with E-state index in [0.717, 1.165) is 27.8 Å². The van der Waals surface area contributed by atoms with Gasteiger partial charge in [-0.3, -0.25) is 4.57 Å². The maximum Gasteiger partial charge on any atom is 0.315 e. The number of para-hydroxylation sites is 2. The van der Waals surface area contributed by atoms with Crippen LogP contribution < -0.4 is 10.6 Å². The SMILES string of the molecule is O=C(NCc1ccc(-n2cnc3ccccc32)cc1)NC(CO)Cc1ccc(F)cc1. The van der Waals surface area contributed by atoms with E-state index in [4.69, 9.17) is 0 Å². The fourth-order valence-corrected chi connectivity index (χ4v) is 3.42. The lowest BCUT2D eigenvalue weighted by molar-refractivity contribution is 0.215. The second kappa shape index (κ2) is 9.40. The van der Waals surface area contributed by atoms with Crippen LogP contribution in [0.25, 0.3) is 16.7 Å². The number of fused-ring (bicyclic) bond motifs is 1. The first-order valence-electron chi connectivity index (χ1n) is 10.0. The molecule has 0 spiro atoms. The highest BCUT2D eigenvalue weighted by Crippen LogP contribution is 2.18. The van der Waals surface area contributed by atoms with Crippen LogP contribution in [0, 0.1) is 5.82 Å². The topological polar surface area (TPSA) is 79.2 Å². The molecule has 0 bridgehead atoms. The van der Waals surface area contributed by atoms with Gasteiger partial charge >= 0.3 is 6.03 Å². The molecule has 3 N–H and O–H groups in total. The summed E-state index contributed by atoms with van der Waals surface area (Å²) in [4.78, 5) is 16.6. The first-order chi connectivity index (χ1) is 15.1. The predicted molar refractivity (Wildman–Crippen MR) is 117 cm³/mol. The number of halogens is 1. The van der Waals surface area contributed by atoms with E-state index in [1.54, 1.807) is 18.5 Å². The highest BCUT2D eigenvalue weighted by atomic mass is 19.1. The highest BCUT2D eigenvalue weighted by molar-refractivity contribution is 5.77. The lowest BCUT2D eigenvalue weighted by Crippen LogP contribution is -2.44. The van der Waals surface area contributed by atoms with Crippen molar-refractivity contribution < 1.29 is 14.3 Å². The van der Waals surface area contributed by atoms with Crippen LogP contribution in [-0.4, -0.2) is 33.3 Å². The van der Waals surface area contributed by atoms with Crippen molar-refractivity contribution in [1.29, 1.82) is 0 Å². The molecule has 3 aromatic carbocycles. The van der Waals surface area contributed by atoms with Crippen LogP contribution in [0.15, 0.2) is 79.1 Å². The van der Waals surface area contributed by atoms with Crippen molar-refractivity contribution >= 4 is 17.1 Å². The van der Waals surface area contributed by atoms with E-state index in [0.29, 0.717) is 13.0 Å². The Hall–Kier alpha value is -3.71. The molecular weight excluding hydrogens is 395 g/mol. The van der Waals surface area contributed by atoms with Crippen molar-refractivity contribution in [3.05, 3.63) is 96.1 Å². The number of nitrogens with one attached hydrogen (secondary N) is 2. The van der Waals surface area contributed by atoms with E-state index in [1.807, 2.05) is 53.1 Å². The maximum atomic E-state index is 13.0. The lowest BCUT2D eigenvalue weighted by Gasteiger charge is -2.17. The molecule has 158 valence electrons. The van der Waals surface area contributed by atoms with Gasteiger partial charge < -0.3 is 15.7 Å². The quantitative estimate of drug-likeness (QED) is 0.429. The van der Waals surface area contributed by atoms with E-state index in [1.165, 1.54) is 12.1 Å². The molecule has 0 aliphatic carbocycles. The van der Waals surface area contributed by atoms with Crippen LogP contribution in [0.4, 0.5) is 9.18 Å². The third kappa shape index (κ3) is 5.07. The largest absolute Gasteiger partial charge is 0.394 e. The lowest BCUT2D eigenvalue weighted by atomic mass is 10.1. The van der Waals surface area contributed by atoms with Gasteiger partial charge in [0.15, 0.2) is 0 Å². The molecule has 0 aliphatic rings. The van der Waals surface area contributed by atoms with Crippen molar-refractivity contribution in [3.63, 3.8) is 0 Å². The number of hydrogen-bond donors (Lipinski definition) is 3. The number of imidazole rings is 1. The third-order valence-electron chi connectivity index (χ3n) is 5.07. The van der Waals surface area contributed by atoms with Gasteiger partial charge in [-0.15, -0.1) is 0 Å². The number of benzene rings is 3. The number of aromatic nitrogens is 2. The molecule has 0 aliphatic heterocycles. The molecule has 4 rings (SSSR count). The van der Waals surface area contributed by atoms with Gasteiger partial charge in [0.1, 0.15) is 12.1 Å². The average molecular weight is 418 g/mol. The Morgan fingerprint density at radius 3 is 2.45 bits per heavy atom. The molecule has 1 atom stereocenters. The monoisotopic (exact) mass is 418 g/mol. The second-order valence-electron chi connectivity index (χ2n) is 7.31. The van der Waals surface area contributed by atoms with Crippen molar-refractivity contribution in [1.82, 2.24) is 20.2 Å². The summed E-state index contributed by atoms with van der Waals surface area (Å²) < 4.78 is 15.0. The molecule has 1 unspecified atom stereocenters. The number of amides is 2. The zero-order valence-electron chi connectivity index (χ0n) is 16.8. The van der Waals surface area contributed by atoms with Crippen LogP contribution in [0.5, 0.6) is 0 Å². The summed E-state index contributed by atoms with van der Waals surface area (Å²) in [5.74, 6) is -0.317. The number of hydrogen-bond acceptors (Lipinski definition) is 3. The van der Waals surface area contributed by atoms with E-state index < -0.39 is 6.04 Å². The fraction of sp³-hybridized carbons (Fsp3) is 0.167. The molecule has 0 radical (unpaired) electrons. The summed E-state index contributed by atoms with van der Waals surface area (Å²) in [6, 6.07) is 21.0. The van der Waals surface area contributed by atoms with E-state index in [9.17, 15) is 14.3 Å². The minimum Gasteiger partial charge on any atom is -0.394 e. The second-order valence-corrected chi connectivity index (χ2v) is 7.31. The van der Waals surface area contributed by atoms with Gasteiger partial charge in [-0.2, -0.15) is 0 Å². The Balaban J connectivity index is 1.32. The molecule has 7 heteroatoms. The van der Waals surface area contributed by atoms with Crippen molar-refractivity contribution in [2.45, 2.75) is 19.0 Å². The van der Waals surface area contributed by atoms with Crippen LogP contribution >= 0.6 is 0 Å². The minimum atomic E-state index is -0.456. The summed E-state index contributed by atoms with van der Waals surface area (Å²) in [5, 5.41) is 15.1. The Bertz CT molecular complexity index is 1160. The highest BCUT2D eigenvalue weighted by Gasteiger charge is 2.12. The zero-order chi connectivity index (χ0) is 21.6. The number of aliphatic hydroxyl groups is 1. The molecule has 2 amide bonds. The number of nitrogens with zero attached hydrogens (tertiary/aromatic N) is 2. The van der Waals surface area contributed by atoms with Gasteiger partial charge in [-0.05, 0) is 53.9 Å². The minimum absolute atomic E-state index is 0.210. The molecule has 1 heterocycles. The predicted octanol–water partition coefficient (Wildman–Crippen LogP) is 3.57. The smallest absolute Gasteiger partial charge is 0.315 e. The Morgan fingerprint density at radius 1 is 1.00 bits per heavy atom. The zero-order valence-corrected chi connectivity index (χ0v) is 16.8. The molecule has 6 nitrogen and oxygen atoms in total. The normalized spacial score (nSPS) is 11.9. The first-order valence-corrected chi connectivity index (χ1v) is 10.0. The molecule has 1 aromatic heterocycles. The molecule has 0 saturated carbocycles. The number of carbonyl (C=O) groups is 1. The van der Waals surface area contributed by atoms with Crippen molar-refractivity contribution in [3.8, 4) is 5.69 Å². The first kappa shape index (κ1) is 20.6. The molecule has 4 aromatic rings. The summed E-state index contributed by atoms with van der Waals surface area (Å²) in [7, 11) is 0. The standard InChI is InChI=1S/C24H23FN4O2/c25-19-9-5-17(6-10-19)13-20(15-30)28-24(31)26-14-18-7-11-21(12-8-18)29-16-27-22-3-1-2-4-23(22)29/h1-12,16,20,30H,13-15H2,(H2,26,28,31). The number of rotatable bonds is 7. The average Bonchev–Trinajstić information content (AvgIpc) is 3.23. The van der Waals surface area contributed by atoms with Crippen molar-refractivity contribution in [2.24, 2.45) is 0 Å². The van der Waals surface area contributed by atoms with Crippen LogP contribution in [-0.2, 0) is 13.0 Å². The summed E-state index contributed by atoms with van der Waals surface area (Å²) in [6.07, 6.45) is 2.21. The van der Waals surface area contributed by atoms with Gasteiger partial charge in [-0.25, -0.2) is 14.2 Å². The van der Waals surface area contributed by atoms with Gasteiger partial charge in [0.05, 0.1) is 23.7 Å². The van der Waals surface area contributed by atoms with Gasteiger partial charge in [0, 0.05) is 12.2 Å². The molecule has 0 saturated heterocycles. The van der Waals surface area contributed by atoms with Crippen LogP contribution in [0.1, 0.15) is 11.1 Å². The summed E-state index contributed by atoms with van der Waals surface area (Å²) in [6.45, 7) is 0.143. The summed E-state index contributed by atoms with van der Waals surface area (Å²) in [5.41, 5.74) is 4.74. The molecular formula is C24H23FN4O2. The van der Waals surface area contributed by atoms with E-state index in [-0.39, 0.29) is 18.5 Å². The van der Waals surface area contributed by atoms with Gasteiger partial charge in [-0.1, -0.05) is 36.4 Å². The van der Waals surface area contributed by atoms with Crippen LogP contribution in [0.3, 0.4) is 0 Å². The number of carbonyl (C=O) groups excluding carboxylic acids is 1. The Morgan fingerprint density at radius 2 is 1.71 bits per heavy atom. The van der Waals surface area contributed by atoms with E-state index >= 15 is 0 Å². The van der Waals surface area contributed by atoms with E-state index in [2.05, 4.69) is 15.6 Å². The van der Waals surface area contributed by atoms with Gasteiger partial charge in [0.2, 0.25) is 0 Å². The van der Waals surface area contributed by atoms with Crippen LogP contribution in [0.2, 0.25) is 0 Å². The number of aliphatic hydroxyl groups excluding tert-OH is 1. The van der Waals surface area contributed by atoms with Crippen molar-refractivity contribution in [2.75, 3.05) is 6.61 Å². The number of urea groups is 1. The fourth-order valence-electron chi connectivity index (χ4n) is 3.42. The Kier molecular flexibility index (Phi) is 6.24. The van der Waals surface area contributed by atoms with Gasteiger partial charge in [0.25, 0.3) is 0 Å². The maximum absolute atomic E-state index is 13.0. The summed E-state index contributed by atoms with van der Waals surface area (Å²) >= 11 is 0. The Labute approximate surface area is 179 Å². The molecule has 31 heavy (non-hydrogen) atoms. The third-order valence-corrected chi connectivity index (χ3v) is 5.07.